The van der Waals surface area contributed by atoms with E-state index in [0.717, 1.165) is 6.54 Å². The lowest BCUT2D eigenvalue weighted by Crippen LogP contribution is -2.11. The first-order valence-electron chi connectivity index (χ1n) is 3.72. The minimum Gasteiger partial charge on any atom is -0.366 e. The molecule has 3 nitrogen and oxygen atoms in total. The van der Waals surface area contributed by atoms with Gasteiger partial charge in [-0.25, -0.2) is 0 Å². The van der Waals surface area contributed by atoms with Gasteiger partial charge in [-0.05, 0) is 20.0 Å². The summed E-state index contributed by atoms with van der Waals surface area (Å²) in [6, 6.07) is 0. The van der Waals surface area contributed by atoms with Gasteiger partial charge in [0.1, 0.15) is 0 Å². The van der Waals surface area contributed by atoms with Gasteiger partial charge in [0, 0.05) is 5.57 Å². The lowest BCUT2D eigenvalue weighted by molar-refractivity contribution is -0.114. The first-order valence-corrected chi connectivity index (χ1v) is 3.72. The molecule has 0 aromatic carbocycles. The third-order valence-corrected chi connectivity index (χ3v) is 1.13. The highest BCUT2D eigenvalue weighted by Crippen LogP contribution is 1.91. The number of hydrogen-bond acceptors (Lipinski definition) is 2. The second-order valence-corrected chi connectivity index (χ2v) is 2.03. The molecule has 0 saturated heterocycles. The van der Waals surface area contributed by atoms with Crippen LogP contribution in [0, 0.1) is 0 Å². The Bertz CT molecular complexity index is 119. The van der Waals surface area contributed by atoms with Crippen molar-refractivity contribution in [3.63, 3.8) is 0 Å². The van der Waals surface area contributed by atoms with Gasteiger partial charge in [-0.2, -0.15) is 0 Å². The topological polar surface area (TPSA) is 55.1 Å². The Hall–Kier alpha value is -0.830. The lowest BCUT2D eigenvalue weighted by atomic mass is 10.2. The number of hydrogen-bond donors (Lipinski definition) is 2. The standard InChI is InChI=1S/C5H9NO.C3H9N/c1-3-4(2)5(6)7;1-3-4-2/h2-3H2,1H3,(H2,6,7);4H,3H2,1-2H3. The molecule has 0 heterocycles. The van der Waals surface area contributed by atoms with Crippen molar-refractivity contribution in [1.82, 2.24) is 5.32 Å². The number of amides is 1. The maximum atomic E-state index is 10.1. The van der Waals surface area contributed by atoms with Crippen LogP contribution >= 0.6 is 0 Å². The molecule has 0 aliphatic carbocycles. The summed E-state index contributed by atoms with van der Waals surface area (Å²) in [5.74, 6) is -0.400. The zero-order chi connectivity index (χ0) is 9.28. The number of primary amides is 1. The van der Waals surface area contributed by atoms with Gasteiger partial charge < -0.3 is 11.1 Å². The number of rotatable bonds is 3. The van der Waals surface area contributed by atoms with Gasteiger partial charge in [0.2, 0.25) is 5.91 Å². The van der Waals surface area contributed by atoms with Crippen LogP contribution < -0.4 is 11.1 Å². The average Bonchev–Trinajstić information content (AvgIpc) is 2.03. The molecular weight excluding hydrogens is 140 g/mol. The molecule has 0 aliphatic rings. The Morgan fingerprint density at radius 1 is 1.55 bits per heavy atom. The van der Waals surface area contributed by atoms with Crippen LogP contribution in [0.5, 0.6) is 0 Å². The van der Waals surface area contributed by atoms with E-state index in [0.29, 0.717) is 12.0 Å². The zero-order valence-electron chi connectivity index (χ0n) is 7.61. The van der Waals surface area contributed by atoms with Crippen LogP contribution in [-0.2, 0) is 4.79 Å². The predicted molar refractivity (Wildman–Crippen MR) is 48.2 cm³/mol. The van der Waals surface area contributed by atoms with Crippen molar-refractivity contribution >= 4 is 5.91 Å². The number of nitrogens with one attached hydrogen (secondary N) is 1. The van der Waals surface area contributed by atoms with E-state index in [1.54, 1.807) is 0 Å². The minimum absolute atomic E-state index is 0.400. The van der Waals surface area contributed by atoms with Crippen molar-refractivity contribution in [1.29, 1.82) is 0 Å². The second-order valence-electron chi connectivity index (χ2n) is 2.03. The van der Waals surface area contributed by atoms with E-state index in [-0.39, 0.29) is 0 Å². The monoisotopic (exact) mass is 158 g/mol. The smallest absolute Gasteiger partial charge is 0.244 e. The summed E-state index contributed by atoms with van der Waals surface area (Å²) < 4.78 is 0. The summed E-state index contributed by atoms with van der Waals surface area (Å²) in [5, 5.41) is 2.93. The highest BCUT2D eigenvalue weighted by atomic mass is 16.1. The van der Waals surface area contributed by atoms with Gasteiger partial charge in [0.15, 0.2) is 0 Å². The summed E-state index contributed by atoms with van der Waals surface area (Å²) in [6.07, 6.45) is 0.648. The van der Waals surface area contributed by atoms with Crippen LogP contribution in [-0.4, -0.2) is 19.5 Å². The zero-order valence-corrected chi connectivity index (χ0v) is 7.61. The molecule has 0 rings (SSSR count). The van der Waals surface area contributed by atoms with Crippen molar-refractivity contribution in [2.24, 2.45) is 5.73 Å². The Labute approximate surface area is 68.7 Å². The first kappa shape index (κ1) is 12.8. The van der Waals surface area contributed by atoms with Gasteiger partial charge in [-0.1, -0.05) is 20.4 Å². The van der Waals surface area contributed by atoms with E-state index in [9.17, 15) is 4.79 Å². The SMILES string of the molecule is C=C(CC)C(N)=O.CCNC. The maximum absolute atomic E-state index is 10.1. The van der Waals surface area contributed by atoms with E-state index in [4.69, 9.17) is 5.73 Å². The second kappa shape index (κ2) is 9.17. The highest BCUT2D eigenvalue weighted by molar-refractivity contribution is 5.91. The van der Waals surface area contributed by atoms with Crippen molar-refractivity contribution in [2.75, 3.05) is 13.6 Å². The molecule has 0 aromatic rings. The molecule has 0 unspecified atom stereocenters. The summed E-state index contributed by atoms with van der Waals surface area (Å²) >= 11 is 0. The molecular formula is C8H18N2O. The minimum atomic E-state index is -0.400. The molecule has 0 bridgehead atoms. The molecule has 66 valence electrons. The Morgan fingerprint density at radius 2 is 1.91 bits per heavy atom. The third kappa shape index (κ3) is 12.4. The molecule has 0 aromatic heterocycles. The first-order chi connectivity index (χ1) is 5.09. The fraction of sp³-hybridized carbons (Fsp3) is 0.625. The maximum Gasteiger partial charge on any atom is 0.244 e. The largest absolute Gasteiger partial charge is 0.366 e. The van der Waals surface area contributed by atoms with E-state index in [1.807, 2.05) is 14.0 Å². The van der Waals surface area contributed by atoms with Gasteiger partial charge in [-0.3, -0.25) is 4.79 Å². The van der Waals surface area contributed by atoms with Crippen molar-refractivity contribution in [3.8, 4) is 0 Å². The summed E-state index contributed by atoms with van der Waals surface area (Å²) in [7, 11) is 1.93. The Balaban J connectivity index is 0. The molecule has 0 radical (unpaired) electrons. The fourth-order valence-electron chi connectivity index (χ4n) is 0.174. The van der Waals surface area contributed by atoms with Crippen LogP contribution in [0.2, 0.25) is 0 Å². The van der Waals surface area contributed by atoms with Gasteiger partial charge in [0.25, 0.3) is 0 Å². The van der Waals surface area contributed by atoms with Gasteiger partial charge >= 0.3 is 0 Å². The van der Waals surface area contributed by atoms with Crippen LogP contribution in [0.15, 0.2) is 12.2 Å². The fourth-order valence-corrected chi connectivity index (χ4v) is 0.174. The molecule has 0 saturated carbocycles. The van der Waals surface area contributed by atoms with Crippen LogP contribution in [0.3, 0.4) is 0 Å². The average molecular weight is 158 g/mol. The predicted octanol–water partition coefficient (Wildman–Crippen LogP) is 0.664. The Morgan fingerprint density at radius 3 is 1.91 bits per heavy atom. The molecule has 3 N–H and O–H groups in total. The molecule has 0 atom stereocenters. The highest BCUT2D eigenvalue weighted by Gasteiger charge is 1.93. The van der Waals surface area contributed by atoms with E-state index in [1.165, 1.54) is 0 Å². The number of carbonyl (C=O) groups is 1. The van der Waals surface area contributed by atoms with E-state index >= 15 is 0 Å². The molecule has 3 heteroatoms. The molecule has 1 amide bonds. The van der Waals surface area contributed by atoms with E-state index < -0.39 is 5.91 Å². The van der Waals surface area contributed by atoms with Crippen LogP contribution in [0.1, 0.15) is 20.3 Å². The van der Waals surface area contributed by atoms with Gasteiger partial charge in [0.05, 0.1) is 0 Å². The molecule has 11 heavy (non-hydrogen) atoms. The molecule has 0 fully saturated rings. The normalized spacial score (nSPS) is 7.91. The Kier molecular flexibility index (Phi) is 10.7. The summed E-state index contributed by atoms with van der Waals surface area (Å²) in [4.78, 5) is 10.1. The number of nitrogens with two attached hydrogens (primary N) is 1. The quantitative estimate of drug-likeness (QED) is 0.593. The molecule has 0 spiro atoms. The lowest BCUT2D eigenvalue weighted by Gasteiger charge is -1.89. The summed E-state index contributed by atoms with van der Waals surface area (Å²) in [6.45, 7) is 8.38. The van der Waals surface area contributed by atoms with Crippen LogP contribution in [0.25, 0.3) is 0 Å². The third-order valence-electron chi connectivity index (χ3n) is 1.13. The summed E-state index contributed by atoms with van der Waals surface area (Å²) in [5.41, 5.74) is 5.29. The number of carbonyl (C=O) groups excluding carboxylic acids is 1. The molecule has 0 aliphatic heterocycles. The van der Waals surface area contributed by atoms with Crippen molar-refractivity contribution < 1.29 is 4.79 Å². The van der Waals surface area contributed by atoms with Crippen molar-refractivity contribution in [2.45, 2.75) is 20.3 Å². The van der Waals surface area contributed by atoms with Crippen molar-refractivity contribution in [3.05, 3.63) is 12.2 Å². The van der Waals surface area contributed by atoms with E-state index in [2.05, 4.69) is 18.8 Å². The van der Waals surface area contributed by atoms with Crippen LogP contribution in [0.4, 0.5) is 0 Å². The van der Waals surface area contributed by atoms with Gasteiger partial charge in [-0.15, -0.1) is 0 Å².